The summed E-state index contributed by atoms with van der Waals surface area (Å²) in [7, 11) is -4.84. The van der Waals surface area contributed by atoms with E-state index in [1.807, 2.05) is 13.8 Å². The van der Waals surface area contributed by atoms with Crippen LogP contribution in [0.2, 0.25) is 10.0 Å². The molecule has 3 aromatic rings. The number of hydrogen-bond acceptors (Lipinski definition) is 8. The first-order valence-electron chi connectivity index (χ1n) is 16.8. The Morgan fingerprint density at radius 1 is 1.02 bits per heavy atom. The Bertz CT molecular complexity index is 2020. The number of urea groups is 1. The number of anilines is 2. The van der Waals surface area contributed by atoms with Crippen LogP contribution < -0.4 is 24.6 Å². The fourth-order valence-electron chi connectivity index (χ4n) is 7.10. The van der Waals surface area contributed by atoms with Gasteiger partial charge in [0.2, 0.25) is 0 Å². The zero-order valence-electron chi connectivity index (χ0n) is 28.2. The summed E-state index contributed by atoms with van der Waals surface area (Å²) in [5.74, 6) is -4.60. The SMILES string of the molecule is CCN(CC)C(=O)N1CCc2cc(S(=O)(=O)N3C(=O)C(NCC4CCNCC4)(c4ccccc4Cl)c4c3ccc(Cl)c4OC(=O)C(F)(F)F)ccc21. The number of piperidine rings is 1. The molecule has 0 aliphatic carbocycles. The molecule has 3 aliphatic heterocycles. The van der Waals surface area contributed by atoms with Crippen molar-refractivity contribution < 1.29 is 40.7 Å². The fraction of sp³-hybridized carbons (Fsp3) is 0.400. The predicted molar refractivity (Wildman–Crippen MR) is 189 cm³/mol. The third-order valence-corrected chi connectivity index (χ3v) is 12.1. The molecule has 0 radical (unpaired) electrons. The number of amides is 3. The van der Waals surface area contributed by atoms with E-state index in [1.54, 1.807) is 15.9 Å². The smallest absolute Gasteiger partial charge is 0.418 e. The number of rotatable bonds is 9. The van der Waals surface area contributed by atoms with Crippen molar-refractivity contribution in [2.45, 2.75) is 49.7 Å². The Kier molecular flexibility index (Phi) is 10.6. The van der Waals surface area contributed by atoms with Crippen LogP contribution in [-0.2, 0) is 31.6 Å². The Balaban J connectivity index is 1.54. The molecule has 3 aliphatic rings. The van der Waals surface area contributed by atoms with Crippen LogP contribution in [0, 0.1) is 5.92 Å². The quantitative estimate of drug-likeness (QED) is 0.205. The van der Waals surface area contributed by atoms with E-state index in [2.05, 4.69) is 10.6 Å². The van der Waals surface area contributed by atoms with Crippen LogP contribution in [-0.4, -0.2) is 76.7 Å². The molecule has 0 aromatic heterocycles. The van der Waals surface area contributed by atoms with Crippen LogP contribution in [0.3, 0.4) is 0 Å². The van der Waals surface area contributed by atoms with Gasteiger partial charge < -0.3 is 15.0 Å². The van der Waals surface area contributed by atoms with Gasteiger partial charge in [0, 0.05) is 35.9 Å². The number of nitrogens with zero attached hydrogens (tertiary/aromatic N) is 3. The monoisotopic (exact) mass is 781 g/mol. The van der Waals surface area contributed by atoms with Gasteiger partial charge >= 0.3 is 18.2 Å². The van der Waals surface area contributed by atoms with Gasteiger partial charge in [-0.3, -0.25) is 15.0 Å². The van der Waals surface area contributed by atoms with E-state index in [4.69, 9.17) is 27.9 Å². The van der Waals surface area contributed by atoms with Crippen molar-refractivity contribution >= 4 is 62.5 Å². The minimum atomic E-state index is -5.46. The molecule has 17 heteroatoms. The summed E-state index contributed by atoms with van der Waals surface area (Å²) in [6, 6.07) is 12.2. The maximum atomic E-state index is 15.1. The normalized spacial score (nSPS) is 19.1. The van der Waals surface area contributed by atoms with Gasteiger partial charge in [-0.1, -0.05) is 41.4 Å². The van der Waals surface area contributed by atoms with Crippen LogP contribution in [0.15, 0.2) is 59.5 Å². The maximum Gasteiger partial charge on any atom is 0.491 e. The van der Waals surface area contributed by atoms with E-state index in [9.17, 15) is 31.2 Å². The van der Waals surface area contributed by atoms with Gasteiger partial charge in [-0.05, 0) is 101 Å². The van der Waals surface area contributed by atoms with Crippen molar-refractivity contribution in [3.8, 4) is 5.75 Å². The highest BCUT2D eigenvalue weighted by molar-refractivity contribution is 7.93. The molecule has 6 rings (SSSR count). The number of hydrogen-bond donors (Lipinski definition) is 2. The van der Waals surface area contributed by atoms with Crippen molar-refractivity contribution in [1.82, 2.24) is 15.5 Å². The van der Waals surface area contributed by atoms with E-state index in [0.29, 0.717) is 67.5 Å². The third-order valence-electron chi connectivity index (χ3n) is 9.75. The first kappa shape index (κ1) is 37.9. The second kappa shape index (κ2) is 14.5. The van der Waals surface area contributed by atoms with Gasteiger partial charge in [-0.2, -0.15) is 13.2 Å². The van der Waals surface area contributed by atoms with Crippen molar-refractivity contribution in [1.29, 1.82) is 0 Å². The number of carbonyl (C=O) groups excluding carboxylic acids is 3. The maximum absolute atomic E-state index is 15.1. The molecule has 1 fully saturated rings. The summed E-state index contributed by atoms with van der Waals surface area (Å²) in [5.41, 5.74) is -1.99. The number of fused-ring (bicyclic) bond motifs is 2. The van der Waals surface area contributed by atoms with E-state index in [-0.39, 0.29) is 39.7 Å². The highest BCUT2D eigenvalue weighted by Gasteiger charge is 2.59. The van der Waals surface area contributed by atoms with Crippen molar-refractivity contribution in [2.75, 3.05) is 48.5 Å². The average molecular weight is 783 g/mol. The number of esters is 1. The van der Waals surface area contributed by atoms with Crippen molar-refractivity contribution in [2.24, 2.45) is 5.92 Å². The molecule has 1 atom stereocenters. The zero-order chi connectivity index (χ0) is 37.6. The number of sulfonamides is 1. The first-order valence-corrected chi connectivity index (χ1v) is 19.0. The van der Waals surface area contributed by atoms with Gasteiger partial charge in [0.05, 0.1) is 21.2 Å². The highest BCUT2D eigenvalue weighted by Crippen LogP contribution is 2.54. The lowest BCUT2D eigenvalue weighted by atomic mass is 9.82. The van der Waals surface area contributed by atoms with Crippen LogP contribution in [0.1, 0.15) is 43.4 Å². The van der Waals surface area contributed by atoms with Gasteiger partial charge in [0.25, 0.3) is 15.9 Å². The Morgan fingerprint density at radius 2 is 1.69 bits per heavy atom. The topological polar surface area (TPSA) is 128 Å². The molecule has 11 nitrogen and oxygen atoms in total. The summed E-state index contributed by atoms with van der Waals surface area (Å²) < 4.78 is 75.9. The Hall–Kier alpha value is -3.89. The van der Waals surface area contributed by atoms with Crippen LogP contribution >= 0.6 is 23.2 Å². The summed E-state index contributed by atoms with van der Waals surface area (Å²) >= 11 is 13.2. The Morgan fingerprint density at radius 3 is 2.35 bits per heavy atom. The number of halogens is 5. The lowest BCUT2D eigenvalue weighted by Crippen LogP contribution is -2.54. The minimum absolute atomic E-state index is 0.0116. The second-order valence-corrected chi connectivity index (χ2v) is 15.3. The van der Waals surface area contributed by atoms with Crippen molar-refractivity contribution in [3.05, 3.63) is 81.3 Å². The predicted octanol–water partition coefficient (Wildman–Crippen LogP) is 5.85. The van der Waals surface area contributed by atoms with E-state index in [0.717, 1.165) is 6.07 Å². The first-order chi connectivity index (χ1) is 24.7. The lowest BCUT2D eigenvalue weighted by Gasteiger charge is -2.34. The third kappa shape index (κ3) is 6.50. The molecule has 52 heavy (non-hydrogen) atoms. The van der Waals surface area contributed by atoms with Crippen LogP contribution in [0.4, 0.5) is 29.3 Å². The Labute approximate surface area is 309 Å². The van der Waals surface area contributed by atoms with Gasteiger partial charge in [0.1, 0.15) is 0 Å². The van der Waals surface area contributed by atoms with Gasteiger partial charge in [-0.25, -0.2) is 22.3 Å². The summed E-state index contributed by atoms with van der Waals surface area (Å²) in [6.07, 6.45) is -3.75. The highest BCUT2D eigenvalue weighted by atomic mass is 35.5. The number of nitrogens with one attached hydrogen (secondary N) is 2. The molecule has 1 unspecified atom stereocenters. The molecule has 0 saturated carbocycles. The molecule has 0 spiro atoms. The summed E-state index contributed by atoms with van der Waals surface area (Å²) in [4.78, 5) is 43.6. The van der Waals surface area contributed by atoms with Gasteiger partial charge in [-0.15, -0.1) is 0 Å². The minimum Gasteiger partial charge on any atom is -0.418 e. The number of benzene rings is 3. The van der Waals surface area contributed by atoms with Crippen molar-refractivity contribution in [3.63, 3.8) is 0 Å². The van der Waals surface area contributed by atoms with E-state index >= 15 is 4.79 Å². The molecule has 3 heterocycles. The molecular weight excluding hydrogens is 746 g/mol. The van der Waals surface area contributed by atoms with E-state index < -0.39 is 50.0 Å². The van der Waals surface area contributed by atoms with Crippen LogP contribution in [0.5, 0.6) is 5.75 Å². The molecule has 2 N–H and O–H groups in total. The molecule has 278 valence electrons. The number of alkyl halides is 3. The molecule has 3 amide bonds. The fourth-order valence-corrected chi connectivity index (χ4v) is 9.08. The molecule has 1 saturated heterocycles. The zero-order valence-corrected chi connectivity index (χ0v) is 30.6. The standard InChI is InChI=1S/C35H36Cl2F3N5O6S/c1-3-43(4-2)33(48)44-18-15-22-19-23(9-11-27(22)44)52(49,50)45-28-12-10-26(37)30(51-32(47)35(38,39)40)29(28)34(31(45)46,24-7-5-6-8-25(24)36)42-20-21-13-16-41-17-14-21/h5-12,19,21,41-42H,3-4,13-18,20H2,1-2H3. The average Bonchev–Trinajstić information content (AvgIpc) is 3.66. The largest absolute Gasteiger partial charge is 0.491 e. The number of carbonyl (C=O) groups is 3. The molecule has 0 bridgehead atoms. The number of ether oxygens (including phenoxy) is 1. The van der Waals surface area contributed by atoms with Gasteiger partial charge in [0.15, 0.2) is 11.3 Å². The second-order valence-electron chi connectivity index (χ2n) is 12.7. The summed E-state index contributed by atoms with van der Waals surface area (Å²) in [6.45, 7) is 6.43. The van der Waals surface area contributed by atoms with E-state index in [1.165, 1.54) is 42.5 Å². The molecular formula is C35H36Cl2F3N5O6S. The summed E-state index contributed by atoms with van der Waals surface area (Å²) in [5, 5.41) is 5.95. The lowest BCUT2D eigenvalue weighted by molar-refractivity contribution is -0.189. The molecule has 3 aromatic carbocycles. The van der Waals surface area contributed by atoms with Crippen LogP contribution in [0.25, 0.3) is 0 Å².